The molecule has 106 valence electrons. The summed E-state index contributed by atoms with van der Waals surface area (Å²) in [5, 5.41) is -1.42. The van der Waals surface area contributed by atoms with E-state index in [0.29, 0.717) is 12.1 Å². The van der Waals surface area contributed by atoms with Crippen molar-refractivity contribution in [2.45, 2.75) is 5.38 Å². The summed E-state index contributed by atoms with van der Waals surface area (Å²) in [4.78, 5) is 0. The Morgan fingerprint density at radius 1 is 0.950 bits per heavy atom. The van der Waals surface area contributed by atoms with Crippen LogP contribution in [0.5, 0.6) is 5.75 Å². The van der Waals surface area contributed by atoms with E-state index < -0.39 is 34.2 Å². The van der Waals surface area contributed by atoms with Crippen LogP contribution in [-0.4, -0.2) is 7.11 Å². The van der Waals surface area contributed by atoms with Gasteiger partial charge in [0.25, 0.3) is 0 Å². The van der Waals surface area contributed by atoms with E-state index in [-0.39, 0.29) is 11.3 Å². The minimum absolute atomic E-state index is 0.128. The van der Waals surface area contributed by atoms with Crippen molar-refractivity contribution in [1.82, 2.24) is 0 Å². The van der Waals surface area contributed by atoms with E-state index >= 15 is 0 Å². The monoisotopic (exact) mass is 304 g/mol. The van der Waals surface area contributed by atoms with Gasteiger partial charge in [-0.1, -0.05) is 6.07 Å². The van der Waals surface area contributed by atoms with E-state index in [9.17, 15) is 17.6 Å². The van der Waals surface area contributed by atoms with Crippen LogP contribution in [0.25, 0.3) is 0 Å². The van der Waals surface area contributed by atoms with Crippen LogP contribution in [0.4, 0.5) is 17.6 Å². The number of benzene rings is 2. The number of hydrogen-bond donors (Lipinski definition) is 0. The number of methoxy groups -OCH3 is 1. The first-order chi connectivity index (χ1) is 9.43. The van der Waals surface area contributed by atoms with Gasteiger partial charge in [-0.05, 0) is 6.07 Å². The molecule has 0 aliphatic heterocycles. The molecular formula is C14H9ClF4O. The molecule has 6 heteroatoms. The van der Waals surface area contributed by atoms with Gasteiger partial charge in [0.05, 0.1) is 12.5 Å². The van der Waals surface area contributed by atoms with Crippen LogP contribution in [0.15, 0.2) is 30.3 Å². The highest BCUT2D eigenvalue weighted by atomic mass is 35.5. The van der Waals surface area contributed by atoms with Gasteiger partial charge in [-0.25, -0.2) is 17.6 Å². The summed E-state index contributed by atoms with van der Waals surface area (Å²) in [6.07, 6.45) is 0. The molecule has 0 amide bonds. The van der Waals surface area contributed by atoms with E-state index in [0.717, 1.165) is 6.07 Å². The van der Waals surface area contributed by atoms with Gasteiger partial charge in [-0.3, -0.25) is 0 Å². The van der Waals surface area contributed by atoms with E-state index in [1.54, 1.807) is 0 Å². The fourth-order valence-corrected chi connectivity index (χ4v) is 2.18. The Morgan fingerprint density at radius 2 is 1.55 bits per heavy atom. The van der Waals surface area contributed by atoms with Crippen molar-refractivity contribution in [2.75, 3.05) is 7.11 Å². The van der Waals surface area contributed by atoms with Crippen molar-refractivity contribution < 1.29 is 22.3 Å². The average Bonchev–Trinajstić information content (AvgIpc) is 2.37. The van der Waals surface area contributed by atoms with Crippen LogP contribution in [-0.2, 0) is 0 Å². The maximum atomic E-state index is 13.8. The third-order valence-corrected chi connectivity index (χ3v) is 3.23. The molecule has 1 unspecified atom stereocenters. The zero-order chi connectivity index (χ0) is 14.9. The second kappa shape index (κ2) is 5.71. The summed E-state index contributed by atoms with van der Waals surface area (Å²) in [5.74, 6) is -3.93. The van der Waals surface area contributed by atoms with Crippen LogP contribution < -0.4 is 4.74 Å². The fourth-order valence-electron chi connectivity index (χ4n) is 1.79. The molecular weight excluding hydrogens is 296 g/mol. The summed E-state index contributed by atoms with van der Waals surface area (Å²) in [6, 6.07) is 4.70. The van der Waals surface area contributed by atoms with E-state index in [4.69, 9.17) is 16.3 Å². The highest BCUT2D eigenvalue weighted by molar-refractivity contribution is 6.22. The van der Waals surface area contributed by atoms with Crippen molar-refractivity contribution in [3.63, 3.8) is 0 Å². The highest BCUT2D eigenvalue weighted by Crippen LogP contribution is 2.35. The number of rotatable bonds is 3. The smallest absolute Gasteiger partial charge is 0.134 e. The molecule has 0 radical (unpaired) electrons. The lowest BCUT2D eigenvalue weighted by molar-refractivity contribution is 0.410. The second-order valence-corrected chi connectivity index (χ2v) is 4.47. The first-order valence-corrected chi connectivity index (χ1v) is 5.99. The molecule has 0 spiro atoms. The Labute approximate surface area is 117 Å². The lowest BCUT2D eigenvalue weighted by Crippen LogP contribution is -2.04. The number of hydrogen-bond acceptors (Lipinski definition) is 1. The minimum Gasteiger partial charge on any atom is -0.497 e. The molecule has 0 saturated heterocycles. The Morgan fingerprint density at radius 3 is 2.05 bits per heavy atom. The van der Waals surface area contributed by atoms with Crippen molar-refractivity contribution in [1.29, 1.82) is 0 Å². The van der Waals surface area contributed by atoms with E-state index in [1.807, 2.05) is 0 Å². The maximum absolute atomic E-state index is 13.8. The Balaban J connectivity index is 2.49. The second-order valence-electron chi connectivity index (χ2n) is 4.03. The lowest BCUT2D eigenvalue weighted by Gasteiger charge is -2.14. The van der Waals surface area contributed by atoms with Crippen molar-refractivity contribution in [3.8, 4) is 5.75 Å². The van der Waals surface area contributed by atoms with E-state index in [1.165, 1.54) is 19.2 Å². The summed E-state index contributed by atoms with van der Waals surface area (Å²) in [5.41, 5.74) is -0.728. The van der Waals surface area contributed by atoms with Gasteiger partial charge in [0.1, 0.15) is 29.0 Å². The van der Waals surface area contributed by atoms with Crippen LogP contribution in [0, 0.1) is 23.3 Å². The highest BCUT2D eigenvalue weighted by Gasteiger charge is 2.23. The molecule has 0 heterocycles. The molecule has 1 nitrogen and oxygen atoms in total. The average molecular weight is 305 g/mol. The zero-order valence-corrected chi connectivity index (χ0v) is 11.0. The summed E-state index contributed by atoms with van der Waals surface area (Å²) < 4.78 is 58.7. The number of ether oxygens (including phenoxy) is 1. The number of halogens is 5. The molecule has 0 aliphatic carbocycles. The molecule has 0 aromatic heterocycles. The molecule has 2 aromatic carbocycles. The van der Waals surface area contributed by atoms with Gasteiger partial charge in [0.15, 0.2) is 0 Å². The van der Waals surface area contributed by atoms with Crippen molar-refractivity contribution in [3.05, 3.63) is 64.7 Å². The topological polar surface area (TPSA) is 9.23 Å². The van der Waals surface area contributed by atoms with Crippen molar-refractivity contribution in [2.24, 2.45) is 0 Å². The quantitative estimate of drug-likeness (QED) is 0.596. The first kappa shape index (κ1) is 14.7. The van der Waals surface area contributed by atoms with E-state index in [2.05, 4.69) is 0 Å². The van der Waals surface area contributed by atoms with Crippen LogP contribution >= 0.6 is 11.6 Å². The van der Waals surface area contributed by atoms with Gasteiger partial charge in [0.2, 0.25) is 0 Å². The maximum Gasteiger partial charge on any atom is 0.134 e. The molecule has 0 N–H and O–H groups in total. The van der Waals surface area contributed by atoms with Gasteiger partial charge >= 0.3 is 0 Å². The molecule has 0 saturated carbocycles. The molecule has 0 bridgehead atoms. The van der Waals surface area contributed by atoms with Crippen LogP contribution in [0.2, 0.25) is 0 Å². The standard InChI is InChI=1S/C14H9ClF4O/c1-20-8-2-3-9(10(17)6-8)14(15)13-11(18)4-7(16)5-12(13)19/h2-6,14H,1H3. The van der Waals surface area contributed by atoms with Gasteiger partial charge in [-0.2, -0.15) is 0 Å². The third kappa shape index (κ3) is 2.72. The van der Waals surface area contributed by atoms with Gasteiger partial charge in [0, 0.05) is 29.3 Å². The van der Waals surface area contributed by atoms with Gasteiger partial charge in [-0.15, -0.1) is 11.6 Å². The fraction of sp³-hybridized carbons (Fsp3) is 0.143. The SMILES string of the molecule is COc1ccc(C(Cl)c2c(F)cc(F)cc2F)c(F)c1. The van der Waals surface area contributed by atoms with Gasteiger partial charge < -0.3 is 4.74 Å². The first-order valence-electron chi connectivity index (χ1n) is 5.56. The summed E-state index contributed by atoms with van der Waals surface area (Å²) in [6.45, 7) is 0. The Hall–Kier alpha value is -1.75. The largest absolute Gasteiger partial charge is 0.497 e. The normalized spacial score (nSPS) is 12.3. The predicted octanol–water partition coefficient (Wildman–Crippen LogP) is 4.58. The van der Waals surface area contributed by atoms with Crippen LogP contribution in [0.3, 0.4) is 0 Å². The zero-order valence-electron chi connectivity index (χ0n) is 10.3. The summed E-state index contributed by atoms with van der Waals surface area (Å²) in [7, 11) is 1.35. The summed E-state index contributed by atoms with van der Waals surface area (Å²) >= 11 is 5.91. The minimum atomic E-state index is -1.42. The van der Waals surface area contributed by atoms with Crippen LogP contribution in [0.1, 0.15) is 16.5 Å². The molecule has 2 aromatic rings. The molecule has 1 atom stereocenters. The predicted molar refractivity (Wildman–Crippen MR) is 67.0 cm³/mol. The molecule has 0 aliphatic rings. The lowest BCUT2D eigenvalue weighted by atomic mass is 10.0. The molecule has 2 rings (SSSR count). The molecule has 0 fully saturated rings. The Kier molecular flexibility index (Phi) is 4.18. The number of alkyl halides is 1. The Bertz CT molecular complexity index is 622. The molecule has 20 heavy (non-hydrogen) atoms. The van der Waals surface area contributed by atoms with Crippen molar-refractivity contribution >= 4 is 11.6 Å². The third-order valence-electron chi connectivity index (χ3n) is 2.78.